The number of aliphatic hydroxyl groups is 1. The highest BCUT2D eigenvalue weighted by Crippen LogP contribution is 2.41. The summed E-state index contributed by atoms with van der Waals surface area (Å²) in [5.74, 6) is 0.342. The van der Waals surface area contributed by atoms with E-state index in [0.29, 0.717) is 23.4 Å². The lowest BCUT2D eigenvalue weighted by Gasteiger charge is -2.39. The van der Waals surface area contributed by atoms with Gasteiger partial charge in [-0.1, -0.05) is 20.8 Å². The number of fused-ring (bicyclic) bond motifs is 1. The van der Waals surface area contributed by atoms with Crippen molar-refractivity contribution in [3.63, 3.8) is 0 Å². The van der Waals surface area contributed by atoms with Crippen LogP contribution in [-0.4, -0.2) is 51.8 Å². The molecule has 3 heterocycles. The summed E-state index contributed by atoms with van der Waals surface area (Å²) in [5, 5.41) is 9.84. The normalized spacial score (nSPS) is 25.0. The average Bonchev–Trinajstić information content (AvgIpc) is 3.10. The maximum atomic E-state index is 9.75. The predicted octanol–water partition coefficient (Wildman–Crippen LogP) is 2.08. The number of aliphatic hydroxyl groups excluding tert-OH is 1. The first-order chi connectivity index (χ1) is 11.6. The number of anilines is 1. The van der Waals surface area contributed by atoms with Crippen molar-refractivity contribution in [1.82, 2.24) is 19.5 Å². The van der Waals surface area contributed by atoms with Crippen molar-refractivity contribution in [2.45, 2.75) is 63.8 Å². The molecule has 3 atom stereocenters. The highest BCUT2D eigenvalue weighted by Gasteiger charge is 2.45. The van der Waals surface area contributed by atoms with E-state index >= 15 is 0 Å². The quantitative estimate of drug-likeness (QED) is 0.798. The maximum absolute atomic E-state index is 9.75. The summed E-state index contributed by atoms with van der Waals surface area (Å²) in [7, 11) is -1.97. The highest BCUT2D eigenvalue weighted by atomic mass is 28.4. The molecule has 1 saturated heterocycles. The molecule has 2 aromatic heterocycles. The second-order valence-corrected chi connectivity index (χ2v) is 12.8. The molecule has 0 bridgehead atoms. The van der Waals surface area contributed by atoms with Gasteiger partial charge in [0, 0.05) is 6.42 Å². The lowest BCUT2D eigenvalue weighted by atomic mass is 10.2. The van der Waals surface area contributed by atoms with E-state index < -0.39 is 8.32 Å². The minimum atomic E-state index is -1.97. The van der Waals surface area contributed by atoms with E-state index in [1.165, 1.54) is 6.33 Å². The van der Waals surface area contributed by atoms with Gasteiger partial charge in [0.2, 0.25) is 0 Å². The molecular weight excluding hydrogens is 338 g/mol. The third-order valence-electron chi connectivity index (χ3n) is 5.31. The Morgan fingerprint density at radius 2 is 2.08 bits per heavy atom. The van der Waals surface area contributed by atoms with Gasteiger partial charge in [0.25, 0.3) is 0 Å². The van der Waals surface area contributed by atoms with E-state index in [0.717, 1.165) is 0 Å². The van der Waals surface area contributed by atoms with Crippen LogP contribution in [0.1, 0.15) is 33.4 Å². The summed E-state index contributed by atoms with van der Waals surface area (Å²) in [5.41, 5.74) is 7.04. The molecule has 2 aromatic rings. The van der Waals surface area contributed by atoms with Gasteiger partial charge in [-0.25, -0.2) is 15.0 Å². The van der Waals surface area contributed by atoms with Crippen molar-refractivity contribution in [2.24, 2.45) is 0 Å². The fraction of sp³-hybridized carbons (Fsp3) is 0.688. The summed E-state index contributed by atoms with van der Waals surface area (Å²) in [4.78, 5) is 12.5. The second-order valence-electron chi connectivity index (χ2n) is 8.05. The lowest BCUT2D eigenvalue weighted by molar-refractivity contribution is -0.0410. The first-order valence-corrected chi connectivity index (χ1v) is 11.4. The molecule has 0 aromatic carbocycles. The molecule has 1 aliphatic rings. The molecule has 3 rings (SSSR count). The molecule has 138 valence electrons. The molecular formula is C16H27N5O3Si. The summed E-state index contributed by atoms with van der Waals surface area (Å²) < 4.78 is 14.4. The van der Waals surface area contributed by atoms with E-state index in [4.69, 9.17) is 14.9 Å². The van der Waals surface area contributed by atoms with Crippen LogP contribution >= 0.6 is 0 Å². The fourth-order valence-electron chi connectivity index (χ4n) is 2.80. The predicted molar refractivity (Wildman–Crippen MR) is 97.4 cm³/mol. The Balaban J connectivity index is 1.85. The Morgan fingerprint density at radius 1 is 1.36 bits per heavy atom. The van der Waals surface area contributed by atoms with Crippen LogP contribution in [-0.2, 0) is 9.16 Å². The van der Waals surface area contributed by atoms with Crippen LogP contribution in [0.4, 0.5) is 5.82 Å². The molecule has 1 fully saturated rings. The molecule has 0 amide bonds. The molecule has 9 heteroatoms. The Morgan fingerprint density at radius 3 is 2.72 bits per heavy atom. The number of hydrogen-bond acceptors (Lipinski definition) is 7. The molecule has 0 spiro atoms. The van der Waals surface area contributed by atoms with E-state index in [9.17, 15) is 5.11 Å². The van der Waals surface area contributed by atoms with E-state index in [-0.39, 0.29) is 30.1 Å². The highest BCUT2D eigenvalue weighted by molar-refractivity contribution is 6.74. The van der Waals surface area contributed by atoms with Gasteiger partial charge in [-0.2, -0.15) is 0 Å². The zero-order chi connectivity index (χ0) is 18.4. The average molecular weight is 366 g/mol. The third-order valence-corrected chi connectivity index (χ3v) is 9.81. The SMILES string of the molecule is CC(C)(C)[Si](C)(C)O[C@H]1C[C@H](n2cnc3c(N)ncnc32)O[C@@H]1CO. The van der Waals surface area contributed by atoms with E-state index in [1.807, 2.05) is 4.57 Å². The van der Waals surface area contributed by atoms with Crippen LogP contribution in [0, 0.1) is 0 Å². The Kier molecular flexibility index (Phi) is 4.61. The minimum Gasteiger partial charge on any atom is -0.411 e. The van der Waals surface area contributed by atoms with Crippen LogP contribution in [0.2, 0.25) is 18.1 Å². The monoisotopic (exact) mass is 365 g/mol. The Labute approximate surface area is 148 Å². The van der Waals surface area contributed by atoms with E-state index in [1.54, 1.807) is 6.33 Å². The smallest absolute Gasteiger partial charge is 0.192 e. The molecule has 0 saturated carbocycles. The number of imidazole rings is 1. The molecule has 0 radical (unpaired) electrons. The van der Waals surface area contributed by atoms with Gasteiger partial charge in [-0.05, 0) is 18.1 Å². The van der Waals surface area contributed by atoms with Crippen molar-refractivity contribution >= 4 is 25.3 Å². The Hall–Kier alpha value is -1.55. The zero-order valence-corrected chi connectivity index (χ0v) is 16.4. The molecule has 0 unspecified atom stereocenters. The van der Waals surface area contributed by atoms with Gasteiger partial charge in [0.15, 0.2) is 19.8 Å². The van der Waals surface area contributed by atoms with Crippen LogP contribution in [0.15, 0.2) is 12.7 Å². The maximum Gasteiger partial charge on any atom is 0.192 e. The van der Waals surface area contributed by atoms with Crippen molar-refractivity contribution in [1.29, 1.82) is 0 Å². The number of rotatable bonds is 4. The summed E-state index contributed by atoms with van der Waals surface area (Å²) in [6.45, 7) is 10.9. The Bertz CT molecular complexity index is 758. The summed E-state index contributed by atoms with van der Waals surface area (Å²) in [6, 6.07) is 0. The third kappa shape index (κ3) is 3.29. The molecule has 25 heavy (non-hydrogen) atoms. The van der Waals surface area contributed by atoms with Crippen molar-refractivity contribution in [3.05, 3.63) is 12.7 Å². The molecule has 3 N–H and O–H groups in total. The topological polar surface area (TPSA) is 108 Å². The largest absolute Gasteiger partial charge is 0.411 e. The first kappa shape index (κ1) is 18.2. The zero-order valence-electron chi connectivity index (χ0n) is 15.4. The van der Waals surface area contributed by atoms with Gasteiger partial charge in [-0.15, -0.1) is 0 Å². The van der Waals surface area contributed by atoms with Crippen LogP contribution < -0.4 is 5.73 Å². The molecule has 1 aliphatic heterocycles. The van der Waals surface area contributed by atoms with Gasteiger partial charge in [0.05, 0.1) is 19.0 Å². The van der Waals surface area contributed by atoms with Gasteiger partial charge < -0.3 is 20.0 Å². The fourth-order valence-corrected chi connectivity index (χ4v) is 4.15. The number of ether oxygens (including phenoxy) is 1. The van der Waals surface area contributed by atoms with Crippen LogP contribution in [0.5, 0.6) is 0 Å². The van der Waals surface area contributed by atoms with Gasteiger partial charge in [-0.3, -0.25) is 4.57 Å². The summed E-state index contributed by atoms with van der Waals surface area (Å²) in [6.07, 6.45) is 2.88. The molecule has 8 nitrogen and oxygen atoms in total. The van der Waals surface area contributed by atoms with E-state index in [2.05, 4.69) is 48.8 Å². The first-order valence-electron chi connectivity index (χ1n) is 8.51. The summed E-state index contributed by atoms with van der Waals surface area (Å²) >= 11 is 0. The van der Waals surface area contributed by atoms with Crippen LogP contribution in [0.3, 0.4) is 0 Å². The van der Waals surface area contributed by atoms with Crippen LogP contribution in [0.25, 0.3) is 11.2 Å². The number of nitrogen functional groups attached to an aromatic ring is 1. The number of nitrogens with two attached hydrogens (primary N) is 1. The van der Waals surface area contributed by atoms with Gasteiger partial charge in [0.1, 0.15) is 24.2 Å². The number of hydrogen-bond donors (Lipinski definition) is 2. The number of nitrogens with zero attached hydrogens (tertiary/aromatic N) is 4. The van der Waals surface area contributed by atoms with Crippen molar-refractivity contribution in [2.75, 3.05) is 12.3 Å². The minimum absolute atomic E-state index is 0.0838. The second kappa shape index (κ2) is 6.31. The number of aromatic nitrogens is 4. The van der Waals surface area contributed by atoms with Crippen molar-refractivity contribution in [3.8, 4) is 0 Å². The molecule has 0 aliphatic carbocycles. The lowest BCUT2D eigenvalue weighted by Crippen LogP contribution is -2.46. The van der Waals surface area contributed by atoms with Crippen molar-refractivity contribution < 1.29 is 14.3 Å². The van der Waals surface area contributed by atoms with Gasteiger partial charge >= 0.3 is 0 Å². The standard InChI is InChI=1S/C16H27N5O3Si/c1-16(2,3)25(4,5)24-10-6-12(23-11(10)7-22)21-9-20-13-14(17)18-8-19-15(13)21/h8-12,22H,6-7H2,1-5H3,(H2,17,18,19)/t10-,11+,12+/m0/s1.